The maximum atomic E-state index is 9.15. The molecule has 2 aliphatic heterocycles. The van der Waals surface area contributed by atoms with Gasteiger partial charge in [0.05, 0.1) is 0 Å². The van der Waals surface area contributed by atoms with Gasteiger partial charge in [0.15, 0.2) is 10.3 Å². The summed E-state index contributed by atoms with van der Waals surface area (Å²) >= 11 is 8.32. The molecule has 172 valence electrons. The van der Waals surface area contributed by atoms with Crippen LogP contribution in [0.25, 0.3) is 0 Å². The second-order valence-corrected chi connectivity index (χ2v) is 9.67. The highest BCUT2D eigenvalue weighted by atomic mass is 32.1. The van der Waals surface area contributed by atoms with Crippen LogP contribution in [0.4, 0.5) is 10.3 Å². The molecule has 0 bridgehead atoms. The van der Waals surface area contributed by atoms with Crippen LogP contribution in [0.2, 0.25) is 0 Å². The van der Waals surface area contributed by atoms with Gasteiger partial charge < -0.3 is 25.8 Å². The number of nitrogens with one attached hydrogen (secondary N) is 1. The van der Waals surface area contributed by atoms with E-state index >= 15 is 0 Å². The van der Waals surface area contributed by atoms with Crippen molar-refractivity contribution in [2.24, 2.45) is 5.73 Å². The van der Waals surface area contributed by atoms with E-state index in [0.29, 0.717) is 5.57 Å². The molecule has 11 heteroatoms. The van der Waals surface area contributed by atoms with Gasteiger partial charge in [-0.05, 0) is 26.3 Å². The Morgan fingerprint density at radius 1 is 1.00 bits per heavy atom. The highest BCUT2D eigenvalue weighted by molar-refractivity contribution is 7.80. The molecule has 2 aromatic heterocycles. The van der Waals surface area contributed by atoms with E-state index < -0.39 is 0 Å². The molecular formula is C21H30N8S3. The van der Waals surface area contributed by atoms with E-state index in [9.17, 15) is 0 Å². The molecule has 0 aliphatic carbocycles. The van der Waals surface area contributed by atoms with E-state index in [1.165, 1.54) is 11.6 Å². The van der Waals surface area contributed by atoms with Crippen molar-refractivity contribution in [2.75, 3.05) is 62.2 Å². The van der Waals surface area contributed by atoms with Gasteiger partial charge in [-0.3, -0.25) is 0 Å². The van der Waals surface area contributed by atoms with Crippen LogP contribution in [0, 0.1) is 11.3 Å². The molecule has 32 heavy (non-hydrogen) atoms. The minimum absolute atomic E-state index is 0.172. The molecule has 0 spiro atoms. The van der Waals surface area contributed by atoms with Crippen LogP contribution in [0.1, 0.15) is 19.8 Å². The summed E-state index contributed by atoms with van der Waals surface area (Å²) < 4.78 is 0. The first-order valence-electron chi connectivity index (χ1n) is 10.8. The topological polar surface area (TPSA) is 97.3 Å². The average Bonchev–Trinajstić information content (AvgIpc) is 3.39. The monoisotopic (exact) mass is 490 g/mol. The quantitative estimate of drug-likeness (QED) is 0.381. The molecule has 4 heterocycles. The minimum Gasteiger partial charge on any atom is -0.389 e. The molecule has 8 nitrogen and oxygen atoms in total. The molecule has 2 fully saturated rings. The number of nitriles is 1. The van der Waals surface area contributed by atoms with Crippen molar-refractivity contribution in [1.82, 2.24) is 20.2 Å². The number of hydrogen-bond acceptors (Lipinski definition) is 10. The van der Waals surface area contributed by atoms with E-state index in [1.54, 1.807) is 22.7 Å². The van der Waals surface area contributed by atoms with E-state index in [0.717, 1.165) is 69.6 Å². The SMILES string of the molecule is C/C(=C(\C#N)C(N)=S)N1CCCN(c2nccs2)CC1.c1csc(N2CCCNCC2)n1. The molecule has 2 aliphatic rings. The van der Waals surface area contributed by atoms with Crippen LogP contribution in [0.3, 0.4) is 0 Å². The third kappa shape index (κ3) is 6.87. The lowest BCUT2D eigenvalue weighted by atomic mass is 10.2. The summed E-state index contributed by atoms with van der Waals surface area (Å²) in [6.07, 6.45) is 5.94. The van der Waals surface area contributed by atoms with E-state index in [1.807, 2.05) is 30.1 Å². The molecule has 0 radical (unpaired) electrons. The number of nitrogens with zero attached hydrogens (tertiary/aromatic N) is 6. The van der Waals surface area contributed by atoms with Crippen molar-refractivity contribution in [1.29, 1.82) is 5.26 Å². The molecule has 2 saturated heterocycles. The summed E-state index contributed by atoms with van der Waals surface area (Å²) in [5.41, 5.74) is 6.90. The van der Waals surface area contributed by atoms with Crippen molar-refractivity contribution in [3.8, 4) is 6.07 Å². The molecule has 4 rings (SSSR count). The fraction of sp³-hybridized carbons (Fsp3) is 0.524. The summed E-state index contributed by atoms with van der Waals surface area (Å²) in [7, 11) is 0. The molecule has 0 atom stereocenters. The predicted octanol–water partition coefficient (Wildman–Crippen LogP) is 2.68. The largest absolute Gasteiger partial charge is 0.389 e. The zero-order valence-electron chi connectivity index (χ0n) is 18.4. The van der Waals surface area contributed by atoms with Gasteiger partial charge in [-0.15, -0.1) is 22.7 Å². The molecular weight excluding hydrogens is 460 g/mol. The number of thiocarbonyl (C=S) groups is 1. The number of rotatable bonds is 4. The van der Waals surface area contributed by atoms with Gasteiger partial charge in [-0.2, -0.15) is 5.26 Å². The number of hydrogen-bond donors (Lipinski definition) is 2. The lowest BCUT2D eigenvalue weighted by Gasteiger charge is -2.24. The zero-order valence-corrected chi connectivity index (χ0v) is 20.8. The maximum Gasteiger partial charge on any atom is 0.185 e. The zero-order chi connectivity index (χ0) is 22.8. The minimum atomic E-state index is 0.172. The Morgan fingerprint density at radius 2 is 1.66 bits per heavy atom. The summed E-state index contributed by atoms with van der Waals surface area (Å²) in [5, 5.41) is 18.8. The van der Waals surface area contributed by atoms with Crippen molar-refractivity contribution < 1.29 is 0 Å². The van der Waals surface area contributed by atoms with Crippen LogP contribution in [-0.4, -0.2) is 72.2 Å². The summed E-state index contributed by atoms with van der Waals surface area (Å²) in [6, 6.07) is 2.11. The van der Waals surface area contributed by atoms with E-state index in [-0.39, 0.29) is 4.99 Å². The molecule has 0 aromatic carbocycles. The smallest absolute Gasteiger partial charge is 0.185 e. The summed E-state index contributed by atoms with van der Waals surface area (Å²) in [4.78, 5) is 15.6. The second-order valence-electron chi connectivity index (χ2n) is 7.48. The molecule has 2 aromatic rings. The highest BCUT2D eigenvalue weighted by Gasteiger charge is 2.19. The van der Waals surface area contributed by atoms with Gasteiger partial charge in [-0.1, -0.05) is 12.2 Å². The summed E-state index contributed by atoms with van der Waals surface area (Å²) in [5.74, 6) is 0. The lowest BCUT2D eigenvalue weighted by Crippen LogP contribution is -2.31. The van der Waals surface area contributed by atoms with Crippen molar-refractivity contribution >= 4 is 50.1 Å². The Hall–Kier alpha value is -2.26. The standard InChI is InChI=1S/C13H17N5S2.C8H13N3S/c1-10(11(9-14)12(15)19)17-4-2-5-18(7-6-17)13-16-3-8-20-13;1-2-9-3-6-11(5-1)8-10-4-7-12-8/h3,8H,2,4-7H2,1H3,(H2,15,19);4,7,9H,1-3,5-6H2/b11-10-;. The molecule has 0 unspecified atom stereocenters. The number of nitrogens with two attached hydrogens (primary N) is 1. The van der Waals surface area contributed by atoms with Crippen LogP contribution < -0.4 is 20.9 Å². The fourth-order valence-corrected chi connectivity index (χ4v) is 5.28. The first-order valence-corrected chi connectivity index (χ1v) is 12.9. The summed E-state index contributed by atoms with van der Waals surface area (Å²) in [6.45, 7) is 9.99. The number of allylic oxidation sites excluding steroid dienone is 1. The van der Waals surface area contributed by atoms with Gasteiger partial charge in [0.1, 0.15) is 16.6 Å². The van der Waals surface area contributed by atoms with E-state index in [4.69, 9.17) is 23.2 Å². The average molecular weight is 491 g/mol. The third-order valence-electron chi connectivity index (χ3n) is 5.41. The Labute approximate surface area is 203 Å². The van der Waals surface area contributed by atoms with Gasteiger partial charge in [0, 0.05) is 74.7 Å². The lowest BCUT2D eigenvalue weighted by molar-refractivity contribution is 0.369. The van der Waals surface area contributed by atoms with Crippen molar-refractivity contribution in [2.45, 2.75) is 19.8 Å². The van der Waals surface area contributed by atoms with Crippen LogP contribution in [-0.2, 0) is 0 Å². The van der Waals surface area contributed by atoms with Crippen molar-refractivity contribution in [3.63, 3.8) is 0 Å². The molecule has 3 N–H and O–H groups in total. The van der Waals surface area contributed by atoms with Gasteiger partial charge >= 0.3 is 0 Å². The normalized spacial score (nSPS) is 17.9. The third-order valence-corrected chi connectivity index (χ3v) is 7.28. The molecule has 0 amide bonds. The number of anilines is 2. The fourth-order valence-electron chi connectivity index (χ4n) is 3.70. The number of aromatic nitrogens is 2. The van der Waals surface area contributed by atoms with Crippen LogP contribution >= 0.6 is 34.9 Å². The van der Waals surface area contributed by atoms with E-state index in [2.05, 4.69) is 36.1 Å². The highest BCUT2D eigenvalue weighted by Crippen LogP contribution is 2.21. The Kier molecular flexibility index (Phi) is 9.67. The van der Waals surface area contributed by atoms with Gasteiger partial charge in [0.25, 0.3) is 0 Å². The molecule has 0 saturated carbocycles. The Morgan fingerprint density at radius 3 is 2.25 bits per heavy atom. The first-order chi connectivity index (χ1) is 15.6. The number of thiazole rings is 2. The Bertz CT molecular complexity index is 896. The maximum absolute atomic E-state index is 9.15. The Balaban J connectivity index is 0.000000204. The first kappa shape index (κ1) is 24.4. The van der Waals surface area contributed by atoms with Crippen LogP contribution in [0.15, 0.2) is 34.4 Å². The predicted molar refractivity (Wildman–Crippen MR) is 137 cm³/mol. The van der Waals surface area contributed by atoms with Crippen molar-refractivity contribution in [3.05, 3.63) is 34.4 Å². The van der Waals surface area contributed by atoms with Gasteiger partial charge in [-0.25, -0.2) is 9.97 Å². The van der Waals surface area contributed by atoms with Gasteiger partial charge in [0.2, 0.25) is 0 Å². The van der Waals surface area contributed by atoms with Crippen LogP contribution in [0.5, 0.6) is 0 Å². The second kappa shape index (κ2) is 12.7.